The van der Waals surface area contributed by atoms with E-state index in [9.17, 15) is 14.4 Å². The molecule has 0 spiro atoms. The van der Waals surface area contributed by atoms with E-state index in [0.717, 1.165) is 38.0 Å². The molecule has 3 saturated heterocycles. The molecular formula is C28H40N6O5. The number of amides is 2. The fourth-order valence-electron chi connectivity index (χ4n) is 6.23. The molecule has 11 heteroatoms. The van der Waals surface area contributed by atoms with Gasteiger partial charge in [0.1, 0.15) is 12.6 Å². The van der Waals surface area contributed by atoms with E-state index in [1.165, 1.54) is 4.90 Å². The van der Waals surface area contributed by atoms with Gasteiger partial charge in [-0.25, -0.2) is 0 Å². The Kier molecular flexibility index (Phi) is 8.96. The molecule has 0 saturated carbocycles. The van der Waals surface area contributed by atoms with Crippen molar-refractivity contribution < 1.29 is 23.9 Å². The fraction of sp³-hybridized carbons (Fsp3) is 0.679. The number of rotatable bonds is 9. The van der Waals surface area contributed by atoms with Gasteiger partial charge in [0.2, 0.25) is 11.8 Å². The monoisotopic (exact) mass is 540 g/mol. The summed E-state index contributed by atoms with van der Waals surface area (Å²) in [6.07, 6.45) is 1.72. The van der Waals surface area contributed by atoms with Crippen LogP contribution in [0, 0.1) is 5.41 Å². The highest BCUT2D eigenvalue weighted by molar-refractivity contribution is 5.99. The number of azide groups is 1. The number of ketones is 1. The zero-order valence-corrected chi connectivity index (χ0v) is 23.3. The maximum absolute atomic E-state index is 14.3. The average molecular weight is 541 g/mol. The van der Waals surface area contributed by atoms with Gasteiger partial charge in [0.05, 0.1) is 24.7 Å². The summed E-state index contributed by atoms with van der Waals surface area (Å²) in [6, 6.07) is 4.24. The smallest absolute Gasteiger partial charge is 0.249 e. The SMILES string of the molecule is COCCN1CCC(c2ccc(C(N)=O)c([C@H](CC(C)(C)C)C(=O)N3C[C@H](N=[N+]=[N-])[C@H]4OCC(=O)[C@H]43)c2)CC1. The second-order valence-electron chi connectivity index (χ2n) is 12.1. The third-order valence-electron chi connectivity index (χ3n) is 8.14. The first kappa shape index (κ1) is 29.0. The molecule has 0 bridgehead atoms. The zero-order valence-electron chi connectivity index (χ0n) is 23.3. The summed E-state index contributed by atoms with van der Waals surface area (Å²) in [5, 5.41) is 3.81. The van der Waals surface area contributed by atoms with Gasteiger partial charge >= 0.3 is 0 Å². The molecular weight excluding hydrogens is 500 g/mol. The number of primary amides is 1. The topological polar surface area (TPSA) is 151 Å². The highest BCUT2D eigenvalue weighted by Crippen LogP contribution is 2.40. The molecule has 2 N–H and O–H groups in total. The second-order valence-corrected chi connectivity index (χ2v) is 12.1. The molecule has 4 atom stereocenters. The van der Waals surface area contributed by atoms with E-state index in [0.29, 0.717) is 30.1 Å². The van der Waals surface area contributed by atoms with Crippen LogP contribution >= 0.6 is 0 Å². The molecule has 3 aliphatic rings. The van der Waals surface area contributed by atoms with Crippen molar-refractivity contribution in [3.05, 3.63) is 45.3 Å². The van der Waals surface area contributed by atoms with E-state index in [4.69, 9.17) is 20.7 Å². The normalized spacial score (nSPS) is 24.9. The van der Waals surface area contributed by atoms with E-state index in [-0.39, 0.29) is 30.3 Å². The van der Waals surface area contributed by atoms with Crippen LogP contribution in [-0.4, -0.2) is 92.1 Å². The Morgan fingerprint density at radius 3 is 2.62 bits per heavy atom. The summed E-state index contributed by atoms with van der Waals surface area (Å²) in [5.74, 6) is -1.48. The van der Waals surface area contributed by atoms with Crippen LogP contribution in [0.4, 0.5) is 0 Å². The van der Waals surface area contributed by atoms with Crippen LogP contribution in [0.25, 0.3) is 10.4 Å². The minimum atomic E-state index is -0.799. The average Bonchev–Trinajstić information content (AvgIpc) is 3.46. The maximum Gasteiger partial charge on any atom is 0.249 e. The predicted molar refractivity (Wildman–Crippen MR) is 145 cm³/mol. The molecule has 0 aromatic heterocycles. The molecule has 0 aliphatic carbocycles. The lowest BCUT2D eigenvalue weighted by Crippen LogP contribution is -2.45. The number of piperidine rings is 1. The van der Waals surface area contributed by atoms with Crippen LogP contribution in [-0.2, 0) is 19.1 Å². The summed E-state index contributed by atoms with van der Waals surface area (Å²) >= 11 is 0. The number of Topliss-reactive ketones (excluding diaryl/α,β-unsaturated/α-hetero) is 1. The molecule has 4 rings (SSSR count). The van der Waals surface area contributed by atoms with Gasteiger partial charge in [0, 0.05) is 30.7 Å². The first-order valence-electron chi connectivity index (χ1n) is 13.7. The third-order valence-corrected chi connectivity index (χ3v) is 8.14. The summed E-state index contributed by atoms with van der Waals surface area (Å²) < 4.78 is 10.8. The van der Waals surface area contributed by atoms with Gasteiger partial charge in [-0.05, 0) is 66.4 Å². The number of fused-ring (bicyclic) bond motifs is 1. The molecule has 11 nitrogen and oxygen atoms in total. The number of hydrogen-bond donors (Lipinski definition) is 1. The van der Waals surface area contributed by atoms with Gasteiger partial charge in [-0.1, -0.05) is 38.0 Å². The van der Waals surface area contributed by atoms with Gasteiger partial charge < -0.3 is 25.0 Å². The van der Waals surface area contributed by atoms with Crippen molar-refractivity contribution in [2.45, 2.75) is 70.1 Å². The molecule has 1 aromatic carbocycles. The molecule has 39 heavy (non-hydrogen) atoms. The summed E-state index contributed by atoms with van der Waals surface area (Å²) in [4.78, 5) is 46.4. The van der Waals surface area contributed by atoms with E-state index in [2.05, 4.69) is 14.9 Å². The van der Waals surface area contributed by atoms with Crippen LogP contribution < -0.4 is 5.73 Å². The van der Waals surface area contributed by atoms with Crippen LogP contribution in [0.1, 0.15) is 73.4 Å². The quantitative estimate of drug-likeness (QED) is 0.289. The first-order chi connectivity index (χ1) is 18.5. The van der Waals surface area contributed by atoms with Crippen molar-refractivity contribution in [3.8, 4) is 0 Å². The Morgan fingerprint density at radius 1 is 1.28 bits per heavy atom. The molecule has 3 aliphatic heterocycles. The van der Waals surface area contributed by atoms with Gasteiger partial charge in [0.15, 0.2) is 5.78 Å². The number of likely N-dealkylation sites (tertiary alicyclic amines) is 2. The van der Waals surface area contributed by atoms with Gasteiger partial charge in [-0.3, -0.25) is 14.4 Å². The lowest BCUT2D eigenvalue weighted by Gasteiger charge is -2.34. The van der Waals surface area contributed by atoms with Crippen molar-refractivity contribution in [2.24, 2.45) is 16.3 Å². The number of hydrogen-bond acceptors (Lipinski definition) is 7. The van der Waals surface area contributed by atoms with E-state index in [1.807, 2.05) is 32.9 Å². The number of carbonyl (C=O) groups excluding carboxylic acids is 3. The zero-order chi connectivity index (χ0) is 28.3. The predicted octanol–water partition coefficient (Wildman–Crippen LogP) is 2.99. The second kappa shape index (κ2) is 12.0. The number of benzene rings is 1. The highest BCUT2D eigenvalue weighted by atomic mass is 16.5. The van der Waals surface area contributed by atoms with Gasteiger partial charge in [-0.15, -0.1) is 0 Å². The number of ether oxygens (including phenoxy) is 2. The third kappa shape index (κ3) is 6.44. The fourth-order valence-corrected chi connectivity index (χ4v) is 6.23. The van der Waals surface area contributed by atoms with Gasteiger partial charge in [0.25, 0.3) is 0 Å². The van der Waals surface area contributed by atoms with E-state index < -0.39 is 30.0 Å². The molecule has 0 radical (unpaired) electrons. The lowest BCUT2D eigenvalue weighted by molar-refractivity contribution is -0.138. The molecule has 2 amide bonds. The molecule has 3 fully saturated rings. The Hall–Kier alpha value is -2.98. The standard InChI is InChI=1S/C28H40N6O5/c1-28(2,3)14-21(27(37)34-15-22(31-32-30)25-24(34)23(35)16-39-25)20-13-18(5-6-19(20)26(29)36)17-7-9-33(10-8-17)11-12-38-4/h5-6,13,17,21-22,24-25H,7-12,14-16H2,1-4H3,(H2,29,36)/t21-,22-,24+,25+/m0/s1. The minimum absolute atomic E-state index is 0.0934. The first-order valence-corrected chi connectivity index (χ1v) is 13.7. The van der Waals surface area contributed by atoms with Crippen LogP contribution in [0.2, 0.25) is 0 Å². The molecule has 0 unspecified atom stereocenters. The summed E-state index contributed by atoms with van der Waals surface area (Å²) in [6.45, 7) is 9.58. The molecule has 1 aromatic rings. The lowest BCUT2D eigenvalue weighted by atomic mass is 9.77. The number of nitrogens with zero attached hydrogens (tertiary/aromatic N) is 5. The summed E-state index contributed by atoms with van der Waals surface area (Å²) in [5.41, 5.74) is 16.6. The minimum Gasteiger partial charge on any atom is -0.383 e. The largest absolute Gasteiger partial charge is 0.383 e. The number of nitrogens with two attached hydrogens (primary N) is 1. The van der Waals surface area contributed by atoms with Crippen LogP contribution in [0.3, 0.4) is 0 Å². The maximum atomic E-state index is 14.3. The van der Waals surface area contributed by atoms with E-state index in [1.54, 1.807) is 13.2 Å². The number of methoxy groups -OCH3 is 1. The Balaban J connectivity index is 1.68. The summed E-state index contributed by atoms with van der Waals surface area (Å²) in [7, 11) is 1.71. The van der Waals surface area contributed by atoms with E-state index >= 15 is 0 Å². The molecule has 212 valence electrons. The Bertz CT molecular complexity index is 1140. The Labute approximate surface area is 229 Å². The van der Waals surface area contributed by atoms with Crippen molar-refractivity contribution in [1.29, 1.82) is 0 Å². The Morgan fingerprint density at radius 2 is 2.00 bits per heavy atom. The van der Waals surface area contributed by atoms with Crippen molar-refractivity contribution >= 4 is 17.6 Å². The van der Waals surface area contributed by atoms with Crippen LogP contribution in [0.5, 0.6) is 0 Å². The highest BCUT2D eigenvalue weighted by Gasteiger charge is 2.53. The number of carbonyl (C=O) groups is 3. The van der Waals surface area contributed by atoms with Gasteiger partial charge in [-0.2, -0.15) is 0 Å². The molecule has 3 heterocycles. The van der Waals surface area contributed by atoms with Crippen molar-refractivity contribution in [3.63, 3.8) is 0 Å². The van der Waals surface area contributed by atoms with Crippen molar-refractivity contribution in [2.75, 3.05) is 46.5 Å². The van der Waals surface area contributed by atoms with Crippen molar-refractivity contribution in [1.82, 2.24) is 9.80 Å². The van der Waals surface area contributed by atoms with Crippen LogP contribution in [0.15, 0.2) is 23.3 Å².